The molecule has 0 fully saturated rings. The van der Waals surface area contributed by atoms with Crippen LogP contribution in [0.4, 0.5) is 5.69 Å². The third-order valence-electron chi connectivity index (χ3n) is 3.38. The standard InChI is InChI=1S/C17H21N/c1-4-15-9-11-16(12-10-15)13-18(3)17-8-6-5-7-14(17)2/h5-12H,4,13H2,1-3H3. The number of anilines is 1. The summed E-state index contributed by atoms with van der Waals surface area (Å²) in [4.78, 5) is 2.30. The fourth-order valence-electron chi connectivity index (χ4n) is 2.23. The molecule has 0 aliphatic carbocycles. The number of hydrogen-bond acceptors (Lipinski definition) is 1. The maximum absolute atomic E-state index is 2.30. The van der Waals surface area contributed by atoms with E-state index < -0.39 is 0 Å². The molecule has 0 amide bonds. The number of aryl methyl sites for hydroxylation is 2. The van der Waals surface area contributed by atoms with Crippen molar-refractivity contribution in [2.75, 3.05) is 11.9 Å². The van der Waals surface area contributed by atoms with Crippen molar-refractivity contribution in [3.63, 3.8) is 0 Å². The van der Waals surface area contributed by atoms with Gasteiger partial charge in [0, 0.05) is 19.3 Å². The van der Waals surface area contributed by atoms with Crippen molar-refractivity contribution in [1.82, 2.24) is 0 Å². The number of benzene rings is 2. The molecule has 0 bridgehead atoms. The third kappa shape index (κ3) is 2.92. The van der Waals surface area contributed by atoms with Crippen molar-refractivity contribution in [2.24, 2.45) is 0 Å². The topological polar surface area (TPSA) is 3.24 Å². The smallest absolute Gasteiger partial charge is 0.0426 e. The van der Waals surface area contributed by atoms with E-state index in [1.54, 1.807) is 0 Å². The van der Waals surface area contributed by atoms with Gasteiger partial charge in [-0.05, 0) is 36.1 Å². The average molecular weight is 239 g/mol. The van der Waals surface area contributed by atoms with Crippen molar-refractivity contribution in [2.45, 2.75) is 26.8 Å². The van der Waals surface area contributed by atoms with Crippen LogP contribution >= 0.6 is 0 Å². The van der Waals surface area contributed by atoms with E-state index in [0.717, 1.165) is 13.0 Å². The summed E-state index contributed by atoms with van der Waals surface area (Å²) in [5, 5.41) is 0. The lowest BCUT2D eigenvalue weighted by molar-refractivity contribution is 0.915. The lowest BCUT2D eigenvalue weighted by Gasteiger charge is -2.21. The van der Waals surface area contributed by atoms with E-state index in [2.05, 4.69) is 74.3 Å². The van der Waals surface area contributed by atoms with E-state index in [0.29, 0.717) is 0 Å². The molecule has 0 heterocycles. The molecule has 2 aromatic carbocycles. The van der Waals surface area contributed by atoms with Gasteiger partial charge in [0.15, 0.2) is 0 Å². The lowest BCUT2D eigenvalue weighted by atomic mass is 10.1. The summed E-state index contributed by atoms with van der Waals surface area (Å²) in [6.07, 6.45) is 1.11. The fourth-order valence-corrected chi connectivity index (χ4v) is 2.23. The monoisotopic (exact) mass is 239 g/mol. The Kier molecular flexibility index (Phi) is 4.03. The summed E-state index contributed by atoms with van der Waals surface area (Å²) in [7, 11) is 2.15. The van der Waals surface area contributed by atoms with Gasteiger partial charge in [-0.15, -0.1) is 0 Å². The van der Waals surface area contributed by atoms with Crippen LogP contribution in [0.5, 0.6) is 0 Å². The highest BCUT2D eigenvalue weighted by molar-refractivity contribution is 5.52. The number of para-hydroxylation sites is 1. The Hall–Kier alpha value is -1.76. The third-order valence-corrected chi connectivity index (χ3v) is 3.38. The van der Waals surface area contributed by atoms with Crippen LogP contribution in [-0.2, 0) is 13.0 Å². The zero-order valence-electron chi connectivity index (χ0n) is 11.5. The minimum Gasteiger partial charge on any atom is -0.370 e. The molecule has 0 aliphatic heterocycles. The summed E-state index contributed by atoms with van der Waals surface area (Å²) in [6.45, 7) is 5.30. The first kappa shape index (κ1) is 12.7. The molecule has 0 radical (unpaired) electrons. The SMILES string of the molecule is CCc1ccc(CN(C)c2ccccc2C)cc1. The Labute approximate surface area is 110 Å². The molecule has 0 saturated heterocycles. The van der Waals surface area contributed by atoms with Gasteiger partial charge in [0.25, 0.3) is 0 Å². The normalized spacial score (nSPS) is 10.4. The van der Waals surface area contributed by atoms with E-state index in [-0.39, 0.29) is 0 Å². The van der Waals surface area contributed by atoms with Crippen LogP contribution in [-0.4, -0.2) is 7.05 Å². The number of nitrogens with zero attached hydrogens (tertiary/aromatic N) is 1. The summed E-state index contributed by atoms with van der Waals surface area (Å²) in [6, 6.07) is 17.4. The van der Waals surface area contributed by atoms with E-state index >= 15 is 0 Å². The second-order valence-corrected chi connectivity index (χ2v) is 4.81. The molecule has 0 atom stereocenters. The van der Waals surface area contributed by atoms with Crippen LogP contribution in [0.25, 0.3) is 0 Å². The van der Waals surface area contributed by atoms with Gasteiger partial charge >= 0.3 is 0 Å². The molecule has 2 rings (SSSR count). The Balaban J connectivity index is 2.11. The van der Waals surface area contributed by atoms with Gasteiger partial charge in [-0.1, -0.05) is 49.4 Å². The molecule has 0 aliphatic rings. The predicted octanol–water partition coefficient (Wildman–Crippen LogP) is 4.19. The van der Waals surface area contributed by atoms with Gasteiger partial charge in [0.2, 0.25) is 0 Å². The van der Waals surface area contributed by atoms with Crippen LogP contribution in [0, 0.1) is 6.92 Å². The van der Waals surface area contributed by atoms with Crippen LogP contribution < -0.4 is 4.90 Å². The number of rotatable bonds is 4. The number of hydrogen-bond donors (Lipinski definition) is 0. The minimum absolute atomic E-state index is 0.953. The van der Waals surface area contributed by atoms with E-state index in [1.165, 1.54) is 22.4 Å². The predicted molar refractivity (Wildman–Crippen MR) is 79.1 cm³/mol. The lowest BCUT2D eigenvalue weighted by Crippen LogP contribution is -2.17. The maximum Gasteiger partial charge on any atom is 0.0426 e. The van der Waals surface area contributed by atoms with Gasteiger partial charge in [-0.3, -0.25) is 0 Å². The first-order valence-corrected chi connectivity index (χ1v) is 6.55. The Bertz CT molecular complexity index is 499. The van der Waals surface area contributed by atoms with Gasteiger partial charge in [-0.25, -0.2) is 0 Å². The van der Waals surface area contributed by atoms with E-state index in [1.807, 2.05) is 0 Å². The molecule has 1 nitrogen and oxygen atoms in total. The summed E-state index contributed by atoms with van der Waals surface area (Å²) < 4.78 is 0. The van der Waals surface area contributed by atoms with Crippen LogP contribution in [0.1, 0.15) is 23.6 Å². The highest BCUT2D eigenvalue weighted by Gasteiger charge is 2.04. The van der Waals surface area contributed by atoms with Crippen LogP contribution in [0.2, 0.25) is 0 Å². The molecule has 94 valence electrons. The van der Waals surface area contributed by atoms with Gasteiger partial charge in [0.1, 0.15) is 0 Å². The Morgan fingerprint density at radius 2 is 1.50 bits per heavy atom. The average Bonchev–Trinajstić information content (AvgIpc) is 2.40. The van der Waals surface area contributed by atoms with Crippen molar-refractivity contribution < 1.29 is 0 Å². The highest BCUT2D eigenvalue weighted by Crippen LogP contribution is 2.20. The van der Waals surface area contributed by atoms with Crippen molar-refractivity contribution >= 4 is 5.69 Å². The van der Waals surface area contributed by atoms with Crippen molar-refractivity contribution in [3.8, 4) is 0 Å². The molecular formula is C17H21N. The van der Waals surface area contributed by atoms with Crippen molar-refractivity contribution in [1.29, 1.82) is 0 Å². The summed E-state index contributed by atoms with van der Waals surface area (Å²) in [5.74, 6) is 0. The molecule has 0 unspecified atom stereocenters. The minimum atomic E-state index is 0.953. The molecular weight excluding hydrogens is 218 g/mol. The molecule has 0 N–H and O–H groups in total. The largest absolute Gasteiger partial charge is 0.370 e. The van der Waals surface area contributed by atoms with E-state index in [4.69, 9.17) is 0 Å². The molecule has 0 aromatic heterocycles. The summed E-state index contributed by atoms with van der Waals surface area (Å²) in [5.41, 5.74) is 5.39. The zero-order valence-corrected chi connectivity index (χ0v) is 11.5. The van der Waals surface area contributed by atoms with E-state index in [9.17, 15) is 0 Å². The Morgan fingerprint density at radius 3 is 2.11 bits per heavy atom. The molecule has 18 heavy (non-hydrogen) atoms. The highest BCUT2D eigenvalue weighted by atomic mass is 15.1. The fraction of sp³-hybridized carbons (Fsp3) is 0.294. The molecule has 2 aromatic rings. The molecule has 0 saturated carbocycles. The summed E-state index contributed by atoms with van der Waals surface area (Å²) >= 11 is 0. The van der Waals surface area contributed by atoms with Gasteiger partial charge < -0.3 is 4.90 Å². The van der Waals surface area contributed by atoms with Gasteiger partial charge in [0.05, 0.1) is 0 Å². The van der Waals surface area contributed by atoms with Crippen LogP contribution in [0.3, 0.4) is 0 Å². The second-order valence-electron chi connectivity index (χ2n) is 4.81. The first-order valence-electron chi connectivity index (χ1n) is 6.55. The quantitative estimate of drug-likeness (QED) is 0.773. The van der Waals surface area contributed by atoms with Crippen molar-refractivity contribution in [3.05, 3.63) is 65.2 Å². The Morgan fingerprint density at radius 1 is 0.889 bits per heavy atom. The molecule has 1 heteroatoms. The van der Waals surface area contributed by atoms with Crippen LogP contribution in [0.15, 0.2) is 48.5 Å². The second kappa shape index (κ2) is 5.72. The zero-order chi connectivity index (χ0) is 13.0. The molecule has 0 spiro atoms. The van der Waals surface area contributed by atoms with Gasteiger partial charge in [-0.2, -0.15) is 0 Å². The maximum atomic E-state index is 2.30. The first-order chi connectivity index (χ1) is 8.70.